The maximum absolute atomic E-state index is 4.79. The Kier molecular flexibility index (Phi) is 2.67. The summed E-state index contributed by atoms with van der Waals surface area (Å²) in [5, 5.41) is 9.68. The Morgan fingerprint density at radius 1 is 1.32 bits per heavy atom. The van der Waals surface area contributed by atoms with E-state index >= 15 is 0 Å². The summed E-state index contributed by atoms with van der Waals surface area (Å²) in [4.78, 5) is 11.4. The summed E-state index contributed by atoms with van der Waals surface area (Å²) in [5.41, 5.74) is 3.25. The van der Waals surface area contributed by atoms with Crippen molar-refractivity contribution in [3.05, 3.63) is 36.3 Å². The lowest BCUT2D eigenvalue weighted by atomic mass is 10.2. The third-order valence-corrected chi connectivity index (χ3v) is 5.51. The monoisotopic (exact) mass is 309 g/mol. The van der Waals surface area contributed by atoms with Crippen LogP contribution in [-0.4, -0.2) is 27.0 Å². The number of nitrogens with one attached hydrogen (secondary N) is 1. The van der Waals surface area contributed by atoms with Crippen molar-refractivity contribution in [2.75, 3.05) is 4.90 Å². The molecule has 3 heterocycles. The van der Waals surface area contributed by atoms with Gasteiger partial charge < -0.3 is 4.90 Å². The van der Waals surface area contributed by atoms with Gasteiger partial charge in [0.25, 0.3) is 0 Å². The Hall–Kier alpha value is -2.08. The lowest BCUT2D eigenvalue weighted by molar-refractivity contribution is 0.902. The van der Waals surface area contributed by atoms with Crippen LogP contribution in [0.3, 0.4) is 0 Å². The molecule has 1 atom stereocenters. The molecule has 1 N–H and O–H groups in total. The van der Waals surface area contributed by atoms with Crippen LogP contribution < -0.4 is 4.90 Å². The van der Waals surface area contributed by atoms with E-state index in [0.717, 1.165) is 34.6 Å². The van der Waals surface area contributed by atoms with Gasteiger partial charge in [-0.1, -0.05) is 11.8 Å². The van der Waals surface area contributed by atoms with Crippen molar-refractivity contribution >= 4 is 39.7 Å². The van der Waals surface area contributed by atoms with Crippen LogP contribution in [-0.2, 0) is 0 Å². The SMILES string of the molecule is C1=NC=C2N=C(CC3CC3)SC2N1c1ccc2[nH]ncc2c1. The van der Waals surface area contributed by atoms with Gasteiger partial charge in [0.15, 0.2) is 0 Å². The van der Waals surface area contributed by atoms with Crippen molar-refractivity contribution < 1.29 is 0 Å². The summed E-state index contributed by atoms with van der Waals surface area (Å²) in [6.07, 6.45) is 9.50. The van der Waals surface area contributed by atoms with Crippen molar-refractivity contribution in [1.29, 1.82) is 0 Å². The van der Waals surface area contributed by atoms with Crippen molar-refractivity contribution in [3.8, 4) is 0 Å². The summed E-state index contributed by atoms with van der Waals surface area (Å²) in [5.74, 6) is 0.864. The number of aromatic amines is 1. The summed E-state index contributed by atoms with van der Waals surface area (Å²) < 4.78 is 0. The number of anilines is 1. The Bertz CT molecular complexity index is 830. The molecule has 1 unspecified atom stereocenters. The molecule has 1 fully saturated rings. The van der Waals surface area contributed by atoms with Gasteiger partial charge in [-0.05, 0) is 43.4 Å². The van der Waals surface area contributed by atoms with Crippen molar-refractivity contribution in [3.63, 3.8) is 0 Å². The first-order chi connectivity index (χ1) is 10.9. The number of thioether (sulfide) groups is 1. The van der Waals surface area contributed by atoms with Gasteiger partial charge in [-0.2, -0.15) is 5.10 Å². The molecule has 0 saturated heterocycles. The number of benzene rings is 1. The number of aliphatic imine (C=N–C) groups is 2. The number of nitrogens with zero attached hydrogens (tertiary/aromatic N) is 4. The molecule has 5 nitrogen and oxygen atoms in total. The molecule has 0 radical (unpaired) electrons. The zero-order valence-electron chi connectivity index (χ0n) is 11.9. The van der Waals surface area contributed by atoms with E-state index in [1.807, 2.05) is 30.5 Å². The summed E-state index contributed by atoms with van der Waals surface area (Å²) >= 11 is 1.87. The van der Waals surface area contributed by atoms with E-state index in [4.69, 9.17) is 4.99 Å². The van der Waals surface area contributed by atoms with Crippen molar-refractivity contribution in [2.24, 2.45) is 15.9 Å². The average Bonchev–Trinajstić information content (AvgIpc) is 3.07. The maximum Gasteiger partial charge on any atom is 0.130 e. The third kappa shape index (κ3) is 2.06. The Balaban J connectivity index is 1.46. The van der Waals surface area contributed by atoms with Gasteiger partial charge in [-0.25, -0.2) is 9.98 Å². The molecule has 110 valence electrons. The number of H-pyrrole nitrogens is 1. The molecule has 0 amide bonds. The molecule has 3 aliphatic rings. The number of hydrogen-bond acceptors (Lipinski definition) is 5. The molecule has 1 aliphatic carbocycles. The highest BCUT2D eigenvalue weighted by atomic mass is 32.2. The Morgan fingerprint density at radius 3 is 3.18 bits per heavy atom. The molecular weight excluding hydrogens is 294 g/mol. The smallest absolute Gasteiger partial charge is 0.130 e. The Labute approximate surface area is 132 Å². The zero-order valence-corrected chi connectivity index (χ0v) is 12.8. The first-order valence-corrected chi connectivity index (χ1v) is 8.44. The number of rotatable bonds is 3. The van der Waals surface area contributed by atoms with Crippen molar-refractivity contribution in [2.45, 2.75) is 24.6 Å². The highest BCUT2D eigenvalue weighted by Gasteiger charge is 2.34. The minimum atomic E-state index is 0.218. The standard InChI is InChI=1S/C16H15N5S/c1-2-10(1)5-15-19-14-8-17-9-21(16(14)22-15)12-3-4-13-11(6-12)7-18-20-13/h3-4,6-10,16H,1-2,5H2,(H,18,20). The minimum Gasteiger partial charge on any atom is -0.314 e. The third-order valence-electron chi connectivity index (χ3n) is 4.29. The van der Waals surface area contributed by atoms with Crippen LogP contribution in [0.1, 0.15) is 19.3 Å². The van der Waals surface area contributed by atoms with Crippen LogP contribution in [0.15, 0.2) is 46.3 Å². The van der Waals surface area contributed by atoms with Gasteiger partial charge in [0, 0.05) is 11.1 Å². The largest absolute Gasteiger partial charge is 0.314 e. The van der Waals surface area contributed by atoms with Gasteiger partial charge in [-0.3, -0.25) is 5.10 Å². The molecule has 0 bridgehead atoms. The fourth-order valence-electron chi connectivity index (χ4n) is 2.90. The average molecular weight is 309 g/mol. The predicted octanol–water partition coefficient (Wildman–Crippen LogP) is 3.52. The first-order valence-electron chi connectivity index (χ1n) is 7.56. The number of hydrogen-bond donors (Lipinski definition) is 1. The van der Waals surface area contributed by atoms with E-state index in [-0.39, 0.29) is 5.37 Å². The molecule has 5 rings (SSSR count). The van der Waals surface area contributed by atoms with Gasteiger partial charge in [0.2, 0.25) is 0 Å². The lowest BCUT2D eigenvalue weighted by Gasteiger charge is -2.28. The topological polar surface area (TPSA) is 56.6 Å². The second-order valence-corrected chi connectivity index (χ2v) is 7.14. The molecule has 6 heteroatoms. The molecule has 1 aromatic carbocycles. The second kappa shape index (κ2) is 4.71. The summed E-state index contributed by atoms with van der Waals surface area (Å²) in [6, 6.07) is 6.32. The fourth-order valence-corrected chi connectivity index (χ4v) is 4.18. The molecular formula is C16H15N5S. The van der Waals surface area contributed by atoms with Crippen LogP contribution in [0, 0.1) is 5.92 Å². The molecule has 2 aromatic rings. The van der Waals surface area contributed by atoms with Gasteiger partial charge in [0.1, 0.15) is 5.37 Å². The first kappa shape index (κ1) is 12.5. The summed E-state index contributed by atoms with van der Waals surface area (Å²) in [6.45, 7) is 0. The predicted molar refractivity (Wildman–Crippen MR) is 91.3 cm³/mol. The highest BCUT2D eigenvalue weighted by molar-refractivity contribution is 8.15. The quantitative estimate of drug-likeness (QED) is 0.943. The molecule has 22 heavy (non-hydrogen) atoms. The van der Waals surface area contributed by atoms with E-state index < -0.39 is 0 Å². The number of fused-ring (bicyclic) bond motifs is 2. The van der Waals surface area contributed by atoms with E-state index in [9.17, 15) is 0 Å². The van der Waals surface area contributed by atoms with E-state index in [1.165, 1.54) is 17.9 Å². The van der Waals surface area contributed by atoms with Gasteiger partial charge in [0.05, 0.1) is 35.0 Å². The molecule has 2 aliphatic heterocycles. The molecule has 0 spiro atoms. The highest BCUT2D eigenvalue weighted by Crippen LogP contribution is 2.42. The zero-order chi connectivity index (χ0) is 14.5. The molecule has 1 saturated carbocycles. The minimum absolute atomic E-state index is 0.218. The van der Waals surface area contributed by atoms with E-state index in [0.29, 0.717) is 0 Å². The lowest BCUT2D eigenvalue weighted by Crippen LogP contribution is -2.33. The van der Waals surface area contributed by atoms with Crippen LogP contribution in [0.4, 0.5) is 5.69 Å². The Morgan fingerprint density at radius 2 is 2.27 bits per heavy atom. The van der Waals surface area contributed by atoms with E-state index in [2.05, 4.69) is 38.3 Å². The second-order valence-electron chi connectivity index (χ2n) is 5.99. The van der Waals surface area contributed by atoms with Crippen LogP contribution in [0.25, 0.3) is 10.9 Å². The fraction of sp³-hybridized carbons (Fsp3) is 0.312. The van der Waals surface area contributed by atoms with Crippen LogP contribution in [0.2, 0.25) is 0 Å². The van der Waals surface area contributed by atoms with Crippen LogP contribution >= 0.6 is 11.8 Å². The van der Waals surface area contributed by atoms with E-state index in [1.54, 1.807) is 0 Å². The van der Waals surface area contributed by atoms with Gasteiger partial charge in [-0.15, -0.1) is 0 Å². The summed E-state index contributed by atoms with van der Waals surface area (Å²) in [7, 11) is 0. The molecule has 1 aromatic heterocycles. The van der Waals surface area contributed by atoms with Gasteiger partial charge >= 0.3 is 0 Å². The van der Waals surface area contributed by atoms with Crippen molar-refractivity contribution in [1.82, 2.24) is 10.2 Å². The maximum atomic E-state index is 4.79. The van der Waals surface area contributed by atoms with Crippen LogP contribution in [0.5, 0.6) is 0 Å². The number of aromatic nitrogens is 2. The normalized spacial score (nSPS) is 23.6.